The van der Waals surface area contributed by atoms with Gasteiger partial charge in [-0.3, -0.25) is 0 Å². The summed E-state index contributed by atoms with van der Waals surface area (Å²) in [5, 5.41) is 15.4. The molecule has 1 fully saturated rings. The standard InChI is InChI=1S/C14H14N6O/c1-9-2-4-10(5-3-9)13-16-14(21-18-13)12-8-20(19-17-12)11-6-15-7-11/h2-5,8,11,15H,6-7H2,1H3. The summed E-state index contributed by atoms with van der Waals surface area (Å²) in [4.78, 5) is 4.39. The van der Waals surface area contributed by atoms with Crippen LogP contribution >= 0.6 is 0 Å². The average molecular weight is 282 g/mol. The molecule has 1 aliphatic heterocycles. The van der Waals surface area contributed by atoms with Gasteiger partial charge in [-0.05, 0) is 6.92 Å². The predicted molar refractivity (Wildman–Crippen MR) is 75.4 cm³/mol. The Morgan fingerprint density at radius 1 is 1.24 bits per heavy atom. The maximum absolute atomic E-state index is 5.29. The Balaban J connectivity index is 1.61. The van der Waals surface area contributed by atoms with Crippen molar-refractivity contribution in [2.45, 2.75) is 13.0 Å². The van der Waals surface area contributed by atoms with Crippen molar-refractivity contribution in [2.75, 3.05) is 13.1 Å². The van der Waals surface area contributed by atoms with E-state index >= 15 is 0 Å². The average Bonchev–Trinajstić information content (AvgIpc) is 3.06. The first kappa shape index (κ1) is 12.2. The molecule has 2 aromatic heterocycles. The zero-order chi connectivity index (χ0) is 14.2. The van der Waals surface area contributed by atoms with Gasteiger partial charge in [0.05, 0.1) is 12.2 Å². The summed E-state index contributed by atoms with van der Waals surface area (Å²) in [6.07, 6.45) is 1.85. The van der Waals surface area contributed by atoms with E-state index in [4.69, 9.17) is 4.52 Å². The molecular weight excluding hydrogens is 268 g/mol. The van der Waals surface area contributed by atoms with Crippen LogP contribution in [0.4, 0.5) is 0 Å². The van der Waals surface area contributed by atoms with E-state index in [1.165, 1.54) is 5.56 Å². The topological polar surface area (TPSA) is 81.7 Å². The van der Waals surface area contributed by atoms with Crippen LogP contribution in [0.3, 0.4) is 0 Å². The van der Waals surface area contributed by atoms with Gasteiger partial charge in [-0.25, -0.2) is 4.68 Å². The van der Waals surface area contributed by atoms with E-state index in [9.17, 15) is 0 Å². The second-order valence-electron chi connectivity index (χ2n) is 5.19. The van der Waals surface area contributed by atoms with Crippen molar-refractivity contribution in [3.63, 3.8) is 0 Å². The summed E-state index contributed by atoms with van der Waals surface area (Å²) in [7, 11) is 0. The minimum Gasteiger partial charge on any atom is -0.332 e. The fourth-order valence-electron chi connectivity index (χ4n) is 2.16. The van der Waals surface area contributed by atoms with Crippen LogP contribution in [0.15, 0.2) is 35.0 Å². The summed E-state index contributed by atoms with van der Waals surface area (Å²) in [5.74, 6) is 0.953. The molecule has 0 unspecified atom stereocenters. The van der Waals surface area contributed by atoms with Gasteiger partial charge in [0.25, 0.3) is 5.89 Å². The number of nitrogens with zero attached hydrogens (tertiary/aromatic N) is 5. The van der Waals surface area contributed by atoms with Crippen molar-refractivity contribution in [3.05, 3.63) is 36.0 Å². The SMILES string of the molecule is Cc1ccc(-c2noc(-c3cn(C4CNC4)nn3)n2)cc1. The van der Waals surface area contributed by atoms with Crippen molar-refractivity contribution in [3.8, 4) is 23.0 Å². The van der Waals surface area contributed by atoms with Gasteiger partial charge in [0.15, 0.2) is 5.69 Å². The molecule has 1 saturated heterocycles. The van der Waals surface area contributed by atoms with E-state index in [0.29, 0.717) is 23.5 Å². The lowest BCUT2D eigenvalue weighted by Gasteiger charge is -2.26. The quantitative estimate of drug-likeness (QED) is 0.783. The Morgan fingerprint density at radius 3 is 2.76 bits per heavy atom. The minimum absolute atomic E-state index is 0.366. The molecule has 1 N–H and O–H groups in total. The van der Waals surface area contributed by atoms with Crippen LogP contribution in [-0.2, 0) is 0 Å². The summed E-state index contributed by atoms with van der Waals surface area (Å²) in [5.41, 5.74) is 2.72. The first-order valence-electron chi connectivity index (χ1n) is 6.83. The van der Waals surface area contributed by atoms with Gasteiger partial charge in [0, 0.05) is 18.7 Å². The number of aryl methyl sites for hydroxylation is 1. The molecule has 1 aliphatic rings. The monoisotopic (exact) mass is 282 g/mol. The van der Waals surface area contributed by atoms with Gasteiger partial charge < -0.3 is 9.84 Å². The highest BCUT2D eigenvalue weighted by molar-refractivity contribution is 5.57. The van der Waals surface area contributed by atoms with Crippen molar-refractivity contribution >= 4 is 0 Å². The highest BCUT2D eigenvalue weighted by Gasteiger charge is 2.22. The predicted octanol–water partition coefficient (Wildman–Crippen LogP) is 1.45. The van der Waals surface area contributed by atoms with Gasteiger partial charge in [0.2, 0.25) is 5.82 Å². The van der Waals surface area contributed by atoms with Gasteiger partial charge >= 0.3 is 0 Å². The van der Waals surface area contributed by atoms with E-state index in [1.807, 2.05) is 42.1 Å². The van der Waals surface area contributed by atoms with E-state index in [1.54, 1.807) is 0 Å². The minimum atomic E-state index is 0.366. The van der Waals surface area contributed by atoms with E-state index in [0.717, 1.165) is 18.7 Å². The number of aromatic nitrogens is 5. The molecule has 3 aromatic rings. The third kappa shape index (κ3) is 2.21. The van der Waals surface area contributed by atoms with Crippen LogP contribution in [0.5, 0.6) is 0 Å². The van der Waals surface area contributed by atoms with Gasteiger partial charge in [-0.1, -0.05) is 40.2 Å². The van der Waals surface area contributed by atoms with Gasteiger partial charge in [-0.15, -0.1) is 5.10 Å². The second kappa shape index (κ2) is 4.78. The lowest BCUT2D eigenvalue weighted by molar-refractivity contribution is 0.313. The van der Waals surface area contributed by atoms with Crippen LogP contribution in [0, 0.1) is 6.92 Å². The fraction of sp³-hybridized carbons (Fsp3) is 0.286. The summed E-state index contributed by atoms with van der Waals surface area (Å²) < 4.78 is 7.12. The summed E-state index contributed by atoms with van der Waals surface area (Å²) in [6.45, 7) is 3.88. The molecule has 0 atom stereocenters. The van der Waals surface area contributed by atoms with Crippen LogP contribution in [0.2, 0.25) is 0 Å². The summed E-state index contributed by atoms with van der Waals surface area (Å²) in [6, 6.07) is 8.35. The Bertz CT molecular complexity index is 756. The number of nitrogens with one attached hydrogen (secondary N) is 1. The van der Waals surface area contributed by atoms with E-state index < -0.39 is 0 Å². The molecule has 0 spiro atoms. The van der Waals surface area contributed by atoms with E-state index in [2.05, 4.69) is 25.8 Å². The highest BCUT2D eigenvalue weighted by Crippen LogP contribution is 2.21. The Hall–Kier alpha value is -2.54. The molecule has 0 radical (unpaired) electrons. The normalized spacial score (nSPS) is 15.1. The van der Waals surface area contributed by atoms with E-state index in [-0.39, 0.29) is 0 Å². The molecule has 0 aliphatic carbocycles. The Morgan fingerprint density at radius 2 is 2.05 bits per heavy atom. The zero-order valence-electron chi connectivity index (χ0n) is 11.5. The van der Waals surface area contributed by atoms with Gasteiger partial charge in [-0.2, -0.15) is 4.98 Å². The van der Waals surface area contributed by atoms with Crippen LogP contribution in [0.25, 0.3) is 23.0 Å². The first-order valence-corrected chi connectivity index (χ1v) is 6.83. The zero-order valence-corrected chi connectivity index (χ0v) is 11.5. The van der Waals surface area contributed by atoms with Crippen molar-refractivity contribution in [1.29, 1.82) is 0 Å². The number of hydrogen-bond donors (Lipinski definition) is 1. The molecule has 1 aromatic carbocycles. The number of hydrogen-bond acceptors (Lipinski definition) is 6. The largest absolute Gasteiger partial charge is 0.332 e. The van der Waals surface area contributed by atoms with Crippen LogP contribution < -0.4 is 5.32 Å². The lowest BCUT2D eigenvalue weighted by atomic mass is 10.1. The molecule has 7 nitrogen and oxygen atoms in total. The molecule has 4 rings (SSSR count). The van der Waals surface area contributed by atoms with Crippen LogP contribution in [-0.4, -0.2) is 38.2 Å². The van der Waals surface area contributed by atoms with Crippen molar-refractivity contribution < 1.29 is 4.52 Å². The third-order valence-electron chi connectivity index (χ3n) is 3.60. The number of rotatable bonds is 3. The molecule has 0 saturated carbocycles. The molecule has 0 bridgehead atoms. The first-order chi connectivity index (χ1) is 10.3. The Kier molecular flexibility index (Phi) is 2.78. The molecule has 0 amide bonds. The molecule has 7 heteroatoms. The Labute approximate surface area is 121 Å². The molecule has 106 valence electrons. The maximum Gasteiger partial charge on any atom is 0.280 e. The lowest BCUT2D eigenvalue weighted by Crippen LogP contribution is -2.43. The maximum atomic E-state index is 5.29. The van der Waals surface area contributed by atoms with Crippen molar-refractivity contribution in [2.24, 2.45) is 0 Å². The second-order valence-corrected chi connectivity index (χ2v) is 5.19. The highest BCUT2D eigenvalue weighted by atomic mass is 16.5. The molecule has 21 heavy (non-hydrogen) atoms. The smallest absolute Gasteiger partial charge is 0.280 e. The number of benzene rings is 1. The van der Waals surface area contributed by atoms with Crippen LogP contribution in [0.1, 0.15) is 11.6 Å². The van der Waals surface area contributed by atoms with Gasteiger partial charge in [0.1, 0.15) is 0 Å². The molecular formula is C14H14N6O. The third-order valence-corrected chi connectivity index (χ3v) is 3.60. The van der Waals surface area contributed by atoms with Crippen molar-refractivity contribution in [1.82, 2.24) is 30.5 Å². The fourth-order valence-corrected chi connectivity index (χ4v) is 2.16. The molecule has 3 heterocycles. The summed E-state index contributed by atoms with van der Waals surface area (Å²) >= 11 is 0.